The lowest BCUT2D eigenvalue weighted by Gasteiger charge is -2.11. The number of carbonyl (C=O) groups excluding carboxylic acids is 2. The lowest BCUT2D eigenvalue weighted by molar-refractivity contribution is -0.119. The molecule has 0 saturated heterocycles. The molecule has 166 valence electrons. The number of rotatable bonds is 12. The van der Waals surface area contributed by atoms with Gasteiger partial charge in [-0.05, 0) is 55.3 Å². The van der Waals surface area contributed by atoms with Gasteiger partial charge in [0.15, 0.2) is 29.6 Å². The minimum absolute atomic E-state index is 0.255. The van der Waals surface area contributed by atoms with Gasteiger partial charge in [0.1, 0.15) is 0 Å². The second-order valence-corrected chi connectivity index (χ2v) is 6.31. The molecule has 2 aromatic rings. The van der Waals surface area contributed by atoms with Crippen LogP contribution < -0.4 is 30.1 Å². The van der Waals surface area contributed by atoms with E-state index in [-0.39, 0.29) is 6.61 Å². The second-order valence-electron chi connectivity index (χ2n) is 6.31. The van der Waals surface area contributed by atoms with Crippen molar-refractivity contribution in [2.45, 2.75) is 20.3 Å². The highest BCUT2D eigenvalue weighted by atomic mass is 16.5. The number of ether oxygens (including phenoxy) is 4. The van der Waals surface area contributed by atoms with E-state index >= 15 is 0 Å². The Balaban J connectivity index is 2.06. The minimum atomic E-state index is -0.586. The monoisotopic (exact) mass is 429 g/mol. The molecule has 0 saturated carbocycles. The number of hydrogen-bond acceptors (Lipinski definition) is 7. The third-order valence-electron chi connectivity index (χ3n) is 3.90. The summed E-state index contributed by atoms with van der Waals surface area (Å²) in [6, 6.07) is 9.93. The standard InChI is InChI=1S/C22H27N3O6/c1-4-10-30-17-9-7-16(12-19(17)28-3)22(27)25-24-13-15-6-8-18(31-14-21(23)26)20(11-15)29-5-2/h6-9,11-13H,4-5,10,14H2,1-3H3,(H2,23,26)(H,25,27)/b24-13+. The van der Waals surface area contributed by atoms with Crippen LogP contribution in [0.15, 0.2) is 41.5 Å². The molecule has 2 rings (SSSR count). The third-order valence-corrected chi connectivity index (χ3v) is 3.90. The lowest BCUT2D eigenvalue weighted by Crippen LogP contribution is -2.20. The van der Waals surface area contributed by atoms with Gasteiger partial charge in [0, 0.05) is 5.56 Å². The van der Waals surface area contributed by atoms with Gasteiger partial charge in [-0.25, -0.2) is 5.43 Å². The molecule has 3 N–H and O–H groups in total. The van der Waals surface area contributed by atoms with Gasteiger partial charge in [-0.15, -0.1) is 0 Å². The van der Waals surface area contributed by atoms with Crippen molar-refractivity contribution in [2.75, 3.05) is 26.9 Å². The Morgan fingerprint density at radius 3 is 2.42 bits per heavy atom. The van der Waals surface area contributed by atoms with Gasteiger partial charge in [-0.1, -0.05) is 6.92 Å². The molecule has 2 amide bonds. The van der Waals surface area contributed by atoms with Gasteiger partial charge in [-0.2, -0.15) is 5.10 Å². The van der Waals surface area contributed by atoms with Gasteiger partial charge in [0.05, 0.1) is 26.5 Å². The Hall–Kier alpha value is -3.75. The van der Waals surface area contributed by atoms with E-state index in [2.05, 4.69) is 10.5 Å². The van der Waals surface area contributed by atoms with Crippen molar-refractivity contribution >= 4 is 18.0 Å². The van der Waals surface area contributed by atoms with E-state index in [9.17, 15) is 9.59 Å². The first kappa shape index (κ1) is 23.5. The number of hydrazone groups is 1. The molecule has 0 heterocycles. The van der Waals surface area contributed by atoms with Crippen molar-refractivity contribution in [3.8, 4) is 23.0 Å². The topological polar surface area (TPSA) is 121 Å². The highest BCUT2D eigenvalue weighted by Crippen LogP contribution is 2.29. The Labute approximate surface area is 181 Å². The predicted octanol–water partition coefficient (Wildman–Crippen LogP) is 2.51. The fraction of sp³-hybridized carbons (Fsp3) is 0.318. The van der Waals surface area contributed by atoms with Crippen molar-refractivity contribution in [1.82, 2.24) is 5.43 Å². The number of primary amides is 1. The minimum Gasteiger partial charge on any atom is -0.493 e. The molecular formula is C22H27N3O6. The summed E-state index contributed by atoms with van der Waals surface area (Å²) in [6.45, 7) is 4.54. The third kappa shape index (κ3) is 7.22. The van der Waals surface area contributed by atoms with Crippen molar-refractivity contribution in [1.29, 1.82) is 0 Å². The molecule has 31 heavy (non-hydrogen) atoms. The van der Waals surface area contributed by atoms with Gasteiger partial charge in [-0.3, -0.25) is 9.59 Å². The summed E-state index contributed by atoms with van der Waals surface area (Å²) in [5, 5.41) is 3.98. The van der Waals surface area contributed by atoms with Gasteiger partial charge >= 0.3 is 0 Å². The second kappa shape index (κ2) is 12.1. The van der Waals surface area contributed by atoms with Crippen LogP contribution in [-0.2, 0) is 4.79 Å². The van der Waals surface area contributed by atoms with Crippen molar-refractivity contribution in [3.63, 3.8) is 0 Å². The molecule has 9 heteroatoms. The summed E-state index contributed by atoms with van der Waals surface area (Å²) >= 11 is 0. The highest BCUT2D eigenvalue weighted by molar-refractivity contribution is 5.95. The number of carbonyl (C=O) groups is 2. The van der Waals surface area contributed by atoms with E-state index in [0.29, 0.717) is 47.3 Å². The highest BCUT2D eigenvalue weighted by Gasteiger charge is 2.11. The zero-order valence-electron chi connectivity index (χ0n) is 17.8. The zero-order valence-corrected chi connectivity index (χ0v) is 17.8. The van der Waals surface area contributed by atoms with Crippen LogP contribution in [0.25, 0.3) is 0 Å². The SMILES string of the molecule is CCCOc1ccc(C(=O)N/N=C/c2ccc(OCC(N)=O)c(OCC)c2)cc1OC. The van der Waals surface area contributed by atoms with Crippen LogP contribution in [0.4, 0.5) is 0 Å². The lowest BCUT2D eigenvalue weighted by atomic mass is 10.2. The van der Waals surface area contributed by atoms with Crippen molar-refractivity contribution in [2.24, 2.45) is 10.8 Å². The molecule has 2 aromatic carbocycles. The number of nitrogens with one attached hydrogen (secondary N) is 1. The molecule has 0 fully saturated rings. The number of benzene rings is 2. The largest absolute Gasteiger partial charge is 0.493 e. The van der Waals surface area contributed by atoms with E-state index in [4.69, 9.17) is 24.7 Å². The molecular weight excluding hydrogens is 402 g/mol. The van der Waals surface area contributed by atoms with Crippen molar-refractivity contribution < 1.29 is 28.5 Å². The molecule has 0 atom stereocenters. The molecule has 0 bridgehead atoms. The molecule has 0 aliphatic heterocycles. The molecule has 0 spiro atoms. The maximum atomic E-state index is 12.4. The molecule has 0 unspecified atom stereocenters. The van der Waals surface area contributed by atoms with Crippen LogP contribution >= 0.6 is 0 Å². The number of amides is 2. The first-order valence-electron chi connectivity index (χ1n) is 9.80. The average Bonchev–Trinajstić information content (AvgIpc) is 2.77. The Morgan fingerprint density at radius 1 is 1.00 bits per heavy atom. The summed E-state index contributed by atoms with van der Waals surface area (Å²) in [5.41, 5.74) is 8.61. The maximum absolute atomic E-state index is 12.4. The molecule has 0 radical (unpaired) electrons. The van der Waals surface area contributed by atoms with Crippen LogP contribution in [0, 0.1) is 0 Å². The van der Waals surface area contributed by atoms with Crippen molar-refractivity contribution in [3.05, 3.63) is 47.5 Å². The summed E-state index contributed by atoms with van der Waals surface area (Å²) < 4.78 is 21.7. The first-order valence-corrected chi connectivity index (χ1v) is 9.80. The maximum Gasteiger partial charge on any atom is 0.271 e. The van der Waals surface area contributed by atoms with Gasteiger partial charge < -0.3 is 24.7 Å². The summed E-state index contributed by atoms with van der Waals surface area (Å²) in [4.78, 5) is 23.3. The number of methoxy groups -OCH3 is 1. The fourth-order valence-corrected chi connectivity index (χ4v) is 2.51. The zero-order chi connectivity index (χ0) is 22.6. The van der Waals surface area contributed by atoms with E-state index in [0.717, 1.165) is 6.42 Å². The van der Waals surface area contributed by atoms with Crippen LogP contribution in [-0.4, -0.2) is 45.0 Å². The van der Waals surface area contributed by atoms with Crippen LogP contribution in [0.5, 0.6) is 23.0 Å². The Morgan fingerprint density at radius 2 is 1.74 bits per heavy atom. The fourth-order valence-electron chi connectivity index (χ4n) is 2.51. The average molecular weight is 429 g/mol. The number of hydrogen-bond donors (Lipinski definition) is 2. The van der Waals surface area contributed by atoms with E-state index < -0.39 is 11.8 Å². The molecule has 0 aromatic heterocycles. The van der Waals surface area contributed by atoms with Crippen LogP contribution in [0.3, 0.4) is 0 Å². The van der Waals surface area contributed by atoms with E-state index in [1.54, 1.807) is 36.4 Å². The summed E-state index contributed by atoms with van der Waals surface area (Å²) in [6.07, 6.45) is 2.33. The van der Waals surface area contributed by atoms with Crippen LogP contribution in [0.1, 0.15) is 36.2 Å². The van der Waals surface area contributed by atoms with Gasteiger partial charge in [0.25, 0.3) is 11.8 Å². The molecule has 0 aliphatic rings. The summed E-state index contributed by atoms with van der Waals surface area (Å²) in [5.74, 6) is 0.885. The Bertz CT molecular complexity index is 929. The first-order chi connectivity index (χ1) is 15.0. The molecule has 9 nitrogen and oxygen atoms in total. The molecule has 0 aliphatic carbocycles. The number of nitrogens with zero attached hydrogens (tertiary/aromatic N) is 1. The van der Waals surface area contributed by atoms with Gasteiger partial charge in [0.2, 0.25) is 0 Å². The Kier molecular flexibility index (Phi) is 9.15. The van der Waals surface area contributed by atoms with Crippen LogP contribution in [0.2, 0.25) is 0 Å². The van der Waals surface area contributed by atoms with E-state index in [1.807, 2.05) is 13.8 Å². The normalized spacial score (nSPS) is 10.5. The smallest absolute Gasteiger partial charge is 0.271 e. The summed E-state index contributed by atoms with van der Waals surface area (Å²) in [7, 11) is 1.51. The van der Waals surface area contributed by atoms with E-state index in [1.165, 1.54) is 13.3 Å². The quantitative estimate of drug-likeness (QED) is 0.395. The number of nitrogens with two attached hydrogens (primary N) is 1. The predicted molar refractivity (Wildman–Crippen MR) is 116 cm³/mol.